The van der Waals surface area contributed by atoms with Crippen LogP contribution >= 0.6 is 0 Å². The lowest BCUT2D eigenvalue weighted by molar-refractivity contribution is -0.203. The van der Waals surface area contributed by atoms with Gasteiger partial charge in [0, 0.05) is 12.6 Å². The zero-order valence-corrected chi connectivity index (χ0v) is 10.9. The molecule has 1 rings (SSSR count). The number of carboxylic acids is 1. The molecule has 0 bridgehead atoms. The Hall–Kier alpha value is -1.51. The van der Waals surface area contributed by atoms with Crippen LogP contribution in [0.25, 0.3) is 0 Å². The molecule has 3 N–H and O–H groups in total. The first kappa shape index (κ1) is 16.5. The van der Waals surface area contributed by atoms with Gasteiger partial charge in [-0.1, -0.05) is 0 Å². The molecule has 0 radical (unpaired) electrons. The summed E-state index contributed by atoms with van der Waals surface area (Å²) in [5.74, 6) is -2.18. The number of urea groups is 1. The molecule has 1 unspecified atom stereocenters. The second kappa shape index (κ2) is 5.86. The second-order valence-corrected chi connectivity index (χ2v) is 4.86. The molecule has 1 saturated carbocycles. The van der Waals surface area contributed by atoms with Crippen molar-refractivity contribution in [1.82, 2.24) is 10.2 Å². The summed E-state index contributed by atoms with van der Waals surface area (Å²) >= 11 is 0. The van der Waals surface area contributed by atoms with Crippen molar-refractivity contribution in [2.24, 2.45) is 0 Å². The Kier molecular flexibility index (Phi) is 4.85. The number of aliphatic hydroxyl groups excluding tert-OH is 1. The van der Waals surface area contributed by atoms with Gasteiger partial charge in [-0.25, -0.2) is 9.59 Å². The minimum Gasteiger partial charge on any atom is -0.479 e. The maximum absolute atomic E-state index is 12.8. The molecular weight excluding hydrogens is 281 g/mol. The topological polar surface area (TPSA) is 89.9 Å². The lowest BCUT2D eigenvalue weighted by atomic mass is 9.91. The van der Waals surface area contributed by atoms with E-state index in [0.717, 1.165) is 11.3 Å². The number of alkyl halides is 3. The third-order valence-corrected chi connectivity index (χ3v) is 3.47. The molecule has 116 valence electrons. The molecule has 0 spiro atoms. The van der Waals surface area contributed by atoms with Gasteiger partial charge in [0.25, 0.3) is 0 Å². The first-order valence-corrected chi connectivity index (χ1v) is 6.13. The van der Waals surface area contributed by atoms with E-state index in [4.69, 9.17) is 10.2 Å². The van der Waals surface area contributed by atoms with E-state index in [0.29, 0.717) is 19.8 Å². The van der Waals surface area contributed by atoms with Crippen LogP contribution in [-0.2, 0) is 4.79 Å². The van der Waals surface area contributed by atoms with E-state index in [1.165, 1.54) is 5.32 Å². The molecule has 0 aromatic rings. The number of aliphatic hydroxyl groups is 1. The summed E-state index contributed by atoms with van der Waals surface area (Å²) < 4.78 is 38.4. The van der Waals surface area contributed by atoms with Crippen molar-refractivity contribution in [1.29, 1.82) is 0 Å². The van der Waals surface area contributed by atoms with Gasteiger partial charge < -0.3 is 20.4 Å². The highest BCUT2D eigenvalue weighted by Gasteiger charge is 2.59. The normalized spacial score (nSPS) is 18.9. The molecule has 20 heavy (non-hydrogen) atoms. The Morgan fingerprint density at radius 2 is 1.90 bits per heavy atom. The van der Waals surface area contributed by atoms with Gasteiger partial charge in [-0.15, -0.1) is 0 Å². The number of carboxylic acid groups (broad SMARTS) is 1. The number of aliphatic carboxylic acids is 1. The van der Waals surface area contributed by atoms with Crippen LogP contribution in [0, 0.1) is 0 Å². The van der Waals surface area contributed by atoms with E-state index < -0.39 is 30.3 Å². The average molecular weight is 298 g/mol. The summed E-state index contributed by atoms with van der Waals surface area (Å²) in [5.41, 5.74) is -3.36. The fourth-order valence-electron chi connectivity index (χ4n) is 1.79. The first-order valence-electron chi connectivity index (χ1n) is 6.13. The van der Waals surface area contributed by atoms with Crippen LogP contribution in [0.1, 0.15) is 26.2 Å². The maximum Gasteiger partial charge on any atom is 0.422 e. The fraction of sp³-hybridized carbons (Fsp3) is 0.818. The van der Waals surface area contributed by atoms with E-state index >= 15 is 0 Å². The number of hydrogen-bond acceptors (Lipinski definition) is 3. The highest BCUT2D eigenvalue weighted by molar-refractivity contribution is 5.87. The number of nitrogens with one attached hydrogen (secondary N) is 1. The number of amides is 2. The van der Waals surface area contributed by atoms with E-state index in [1.54, 1.807) is 0 Å². The third kappa shape index (κ3) is 3.14. The third-order valence-electron chi connectivity index (χ3n) is 3.47. The van der Waals surface area contributed by atoms with E-state index in [-0.39, 0.29) is 12.6 Å². The molecule has 0 heterocycles. The summed E-state index contributed by atoms with van der Waals surface area (Å²) in [6.07, 6.45) is -3.03. The molecule has 1 atom stereocenters. The highest BCUT2D eigenvalue weighted by Crippen LogP contribution is 2.31. The monoisotopic (exact) mass is 298 g/mol. The van der Waals surface area contributed by atoms with Crippen molar-refractivity contribution in [3.05, 3.63) is 0 Å². The van der Waals surface area contributed by atoms with Crippen LogP contribution in [0.15, 0.2) is 0 Å². The van der Waals surface area contributed by atoms with Crippen LogP contribution in [0.3, 0.4) is 0 Å². The van der Waals surface area contributed by atoms with Crippen molar-refractivity contribution < 1.29 is 33.0 Å². The standard InChI is InChI=1S/C11H17F3N2O4/c1-10(8(18)19,11(12,13)14)15-9(20)16(5-6-17)7-3-2-4-7/h7,17H,2-6H2,1H3,(H,15,20)(H,18,19). The van der Waals surface area contributed by atoms with Crippen LogP contribution in [0.5, 0.6) is 0 Å². The molecule has 1 aliphatic carbocycles. The molecule has 1 fully saturated rings. The molecule has 0 aliphatic heterocycles. The van der Waals surface area contributed by atoms with Gasteiger partial charge in [0.2, 0.25) is 5.54 Å². The summed E-state index contributed by atoms with van der Waals surface area (Å²) in [6, 6.07) is -1.39. The lowest BCUT2D eigenvalue weighted by Crippen LogP contribution is -2.65. The summed E-state index contributed by atoms with van der Waals surface area (Å²) in [7, 11) is 0. The number of carbonyl (C=O) groups excluding carboxylic acids is 1. The minimum atomic E-state index is -5.13. The number of hydrogen-bond donors (Lipinski definition) is 3. The minimum absolute atomic E-state index is 0.135. The summed E-state index contributed by atoms with van der Waals surface area (Å²) in [6.45, 7) is -0.144. The molecule has 0 saturated heterocycles. The number of halogens is 3. The quantitative estimate of drug-likeness (QED) is 0.705. The SMILES string of the molecule is CC(NC(=O)N(CCO)C1CCC1)(C(=O)O)C(F)(F)F. The second-order valence-electron chi connectivity index (χ2n) is 4.86. The largest absolute Gasteiger partial charge is 0.479 e. The lowest BCUT2D eigenvalue weighted by Gasteiger charge is -2.39. The fourth-order valence-corrected chi connectivity index (χ4v) is 1.79. The summed E-state index contributed by atoms with van der Waals surface area (Å²) in [4.78, 5) is 23.8. The zero-order valence-electron chi connectivity index (χ0n) is 10.9. The van der Waals surface area contributed by atoms with E-state index in [2.05, 4.69) is 0 Å². The van der Waals surface area contributed by atoms with Gasteiger partial charge in [0.15, 0.2) is 0 Å². The van der Waals surface area contributed by atoms with Gasteiger partial charge in [-0.3, -0.25) is 0 Å². The average Bonchev–Trinajstić information content (AvgIpc) is 2.23. The maximum atomic E-state index is 12.8. The Bertz CT molecular complexity index is 384. The van der Waals surface area contributed by atoms with Gasteiger partial charge >= 0.3 is 18.2 Å². The van der Waals surface area contributed by atoms with Gasteiger partial charge in [-0.2, -0.15) is 13.2 Å². The van der Waals surface area contributed by atoms with Crippen LogP contribution in [-0.4, -0.2) is 58.0 Å². The van der Waals surface area contributed by atoms with Crippen molar-refractivity contribution in [2.45, 2.75) is 43.9 Å². The van der Waals surface area contributed by atoms with E-state index in [9.17, 15) is 22.8 Å². The number of carbonyl (C=O) groups is 2. The smallest absolute Gasteiger partial charge is 0.422 e. The van der Waals surface area contributed by atoms with Crippen LogP contribution < -0.4 is 5.32 Å². The summed E-state index contributed by atoms with van der Waals surface area (Å²) in [5, 5.41) is 19.1. The van der Waals surface area contributed by atoms with Crippen molar-refractivity contribution in [2.75, 3.05) is 13.2 Å². The Morgan fingerprint density at radius 3 is 2.20 bits per heavy atom. The number of nitrogens with zero attached hydrogens (tertiary/aromatic N) is 1. The predicted octanol–water partition coefficient (Wildman–Crippen LogP) is 0.948. The molecule has 0 aromatic carbocycles. The van der Waals surface area contributed by atoms with Gasteiger partial charge in [0.1, 0.15) is 0 Å². The molecule has 9 heteroatoms. The van der Waals surface area contributed by atoms with Crippen molar-refractivity contribution >= 4 is 12.0 Å². The Morgan fingerprint density at radius 1 is 1.35 bits per heavy atom. The molecular formula is C11H17F3N2O4. The highest BCUT2D eigenvalue weighted by atomic mass is 19.4. The molecule has 0 aromatic heterocycles. The zero-order chi connectivity index (χ0) is 15.6. The van der Waals surface area contributed by atoms with E-state index in [1.807, 2.05) is 0 Å². The van der Waals surface area contributed by atoms with Crippen LogP contribution in [0.4, 0.5) is 18.0 Å². The molecule has 6 nitrogen and oxygen atoms in total. The predicted molar refractivity (Wildman–Crippen MR) is 62.1 cm³/mol. The van der Waals surface area contributed by atoms with Gasteiger partial charge in [-0.05, 0) is 26.2 Å². The molecule has 1 aliphatic rings. The van der Waals surface area contributed by atoms with Crippen LogP contribution in [0.2, 0.25) is 0 Å². The molecule has 2 amide bonds. The first-order chi connectivity index (χ1) is 9.13. The Labute approximate surface area is 113 Å². The number of rotatable bonds is 5. The van der Waals surface area contributed by atoms with Crippen molar-refractivity contribution in [3.63, 3.8) is 0 Å². The van der Waals surface area contributed by atoms with Gasteiger partial charge in [0.05, 0.1) is 6.61 Å². The Balaban J connectivity index is 2.86. The van der Waals surface area contributed by atoms with Crippen molar-refractivity contribution in [3.8, 4) is 0 Å².